The molecule has 0 unspecified atom stereocenters. The Kier molecular flexibility index (Phi) is 9.52. The average molecular weight is 589 g/mol. The van der Waals surface area contributed by atoms with Crippen LogP contribution in [-0.4, -0.2) is 0 Å². The maximum Gasteiger partial charge on any atom is 0.0540 e. The van der Waals surface area contributed by atoms with Gasteiger partial charge in [-0.15, -0.1) is 0 Å². The highest BCUT2D eigenvalue weighted by atomic mass is 79.9. The van der Waals surface area contributed by atoms with Crippen LogP contribution in [0.2, 0.25) is 0 Å². The first-order chi connectivity index (χ1) is 19.7. The van der Waals surface area contributed by atoms with Crippen molar-refractivity contribution in [3.63, 3.8) is 0 Å². The Morgan fingerprint density at radius 2 is 1.12 bits per heavy atom. The molecule has 0 saturated carbocycles. The van der Waals surface area contributed by atoms with Crippen molar-refractivity contribution in [3.05, 3.63) is 137 Å². The summed E-state index contributed by atoms with van der Waals surface area (Å²) < 4.78 is 1.08. The molecule has 0 N–H and O–H groups in total. The Labute approximate surface area is 248 Å². The van der Waals surface area contributed by atoms with Gasteiger partial charge in [-0.3, -0.25) is 0 Å². The molecule has 0 saturated heterocycles. The van der Waals surface area contributed by atoms with Crippen LogP contribution >= 0.6 is 15.9 Å². The van der Waals surface area contributed by atoms with Crippen molar-refractivity contribution in [2.24, 2.45) is 0 Å². The Hall–Kier alpha value is -3.62. The van der Waals surface area contributed by atoms with Crippen LogP contribution in [0.5, 0.6) is 0 Å². The standard InChI is InChI=1S/C38H38BrN/c1-3-5-13-29-19-23-34(24-20-29)40(33-17-11-8-12-18-33)38-26-21-30(14-6-4-2)27-37(38)36-28-32(39)22-25-35(36)31-15-9-7-10-16-31/h7-12,15-28H,3-6,13-14H2,1-2H3. The second-order valence-electron chi connectivity index (χ2n) is 10.5. The lowest BCUT2D eigenvalue weighted by molar-refractivity contribution is 0.795. The molecule has 0 fully saturated rings. The number of hydrogen-bond donors (Lipinski definition) is 0. The Morgan fingerprint density at radius 1 is 0.525 bits per heavy atom. The largest absolute Gasteiger partial charge is 0.310 e. The molecule has 202 valence electrons. The van der Waals surface area contributed by atoms with Crippen molar-refractivity contribution in [3.8, 4) is 22.3 Å². The summed E-state index contributed by atoms with van der Waals surface area (Å²) in [5, 5.41) is 0. The predicted octanol–water partition coefficient (Wildman–Crippen LogP) is 11.9. The van der Waals surface area contributed by atoms with Gasteiger partial charge in [0.2, 0.25) is 0 Å². The van der Waals surface area contributed by atoms with E-state index in [4.69, 9.17) is 0 Å². The zero-order valence-electron chi connectivity index (χ0n) is 23.6. The van der Waals surface area contributed by atoms with E-state index in [9.17, 15) is 0 Å². The summed E-state index contributed by atoms with van der Waals surface area (Å²) in [7, 11) is 0. The average Bonchev–Trinajstić information content (AvgIpc) is 3.01. The van der Waals surface area contributed by atoms with E-state index in [2.05, 4.69) is 156 Å². The first-order valence-electron chi connectivity index (χ1n) is 14.6. The van der Waals surface area contributed by atoms with Gasteiger partial charge in [0.05, 0.1) is 5.69 Å². The first kappa shape index (κ1) is 27.9. The minimum atomic E-state index is 1.08. The van der Waals surface area contributed by atoms with Gasteiger partial charge in [-0.2, -0.15) is 0 Å². The van der Waals surface area contributed by atoms with E-state index in [0.29, 0.717) is 0 Å². The summed E-state index contributed by atoms with van der Waals surface area (Å²) in [6.07, 6.45) is 7.00. The topological polar surface area (TPSA) is 3.24 Å². The second-order valence-corrected chi connectivity index (χ2v) is 11.4. The van der Waals surface area contributed by atoms with Gasteiger partial charge >= 0.3 is 0 Å². The van der Waals surface area contributed by atoms with Gasteiger partial charge in [0.15, 0.2) is 0 Å². The van der Waals surface area contributed by atoms with Crippen molar-refractivity contribution in [2.75, 3.05) is 4.90 Å². The summed E-state index contributed by atoms with van der Waals surface area (Å²) >= 11 is 3.79. The molecule has 0 bridgehead atoms. The van der Waals surface area contributed by atoms with Gasteiger partial charge < -0.3 is 4.90 Å². The van der Waals surface area contributed by atoms with Crippen molar-refractivity contribution in [1.29, 1.82) is 0 Å². The molecule has 0 aromatic heterocycles. The van der Waals surface area contributed by atoms with E-state index < -0.39 is 0 Å². The Balaban J connectivity index is 1.72. The fourth-order valence-electron chi connectivity index (χ4n) is 5.34. The van der Waals surface area contributed by atoms with Crippen LogP contribution < -0.4 is 4.90 Å². The Morgan fingerprint density at radius 3 is 1.80 bits per heavy atom. The molecule has 0 aliphatic rings. The molecule has 5 aromatic rings. The second kappa shape index (κ2) is 13.6. The molecule has 5 rings (SSSR count). The molecule has 0 spiro atoms. The highest BCUT2D eigenvalue weighted by Gasteiger charge is 2.20. The number of nitrogens with zero attached hydrogens (tertiary/aromatic N) is 1. The number of halogens is 1. The highest BCUT2D eigenvalue weighted by Crippen LogP contribution is 2.44. The minimum absolute atomic E-state index is 1.08. The van der Waals surface area contributed by atoms with E-state index in [1.807, 2.05) is 0 Å². The number of unbranched alkanes of at least 4 members (excludes halogenated alkanes) is 2. The normalized spacial score (nSPS) is 11.0. The summed E-state index contributed by atoms with van der Waals surface area (Å²) in [4.78, 5) is 2.41. The van der Waals surface area contributed by atoms with Crippen LogP contribution in [-0.2, 0) is 12.8 Å². The van der Waals surface area contributed by atoms with E-state index in [1.54, 1.807) is 0 Å². The predicted molar refractivity (Wildman–Crippen MR) is 177 cm³/mol. The lowest BCUT2D eigenvalue weighted by atomic mass is 9.91. The molecule has 0 atom stereocenters. The molecule has 2 heteroatoms. The molecular weight excluding hydrogens is 550 g/mol. The molecule has 0 radical (unpaired) electrons. The smallest absolute Gasteiger partial charge is 0.0540 e. The van der Waals surface area contributed by atoms with Gasteiger partial charge in [0, 0.05) is 21.4 Å². The maximum absolute atomic E-state index is 3.79. The number of anilines is 3. The van der Waals surface area contributed by atoms with Crippen LogP contribution in [0.3, 0.4) is 0 Å². The van der Waals surface area contributed by atoms with E-state index >= 15 is 0 Å². The van der Waals surface area contributed by atoms with Gasteiger partial charge in [-0.1, -0.05) is 115 Å². The van der Waals surface area contributed by atoms with Crippen molar-refractivity contribution in [1.82, 2.24) is 0 Å². The molecule has 0 amide bonds. The van der Waals surface area contributed by atoms with Crippen LogP contribution in [0.15, 0.2) is 126 Å². The minimum Gasteiger partial charge on any atom is -0.310 e. The lowest BCUT2D eigenvalue weighted by Gasteiger charge is -2.29. The summed E-state index contributed by atoms with van der Waals surface area (Å²) in [6.45, 7) is 4.52. The molecule has 40 heavy (non-hydrogen) atoms. The molecule has 5 aromatic carbocycles. The van der Waals surface area contributed by atoms with Crippen molar-refractivity contribution in [2.45, 2.75) is 52.4 Å². The van der Waals surface area contributed by atoms with Crippen LogP contribution in [0.1, 0.15) is 50.7 Å². The van der Waals surface area contributed by atoms with Gasteiger partial charge in [0.25, 0.3) is 0 Å². The quantitative estimate of drug-likeness (QED) is 0.148. The van der Waals surface area contributed by atoms with Gasteiger partial charge in [0.1, 0.15) is 0 Å². The van der Waals surface area contributed by atoms with Crippen LogP contribution in [0, 0.1) is 0 Å². The zero-order valence-corrected chi connectivity index (χ0v) is 25.2. The molecule has 0 aliphatic carbocycles. The summed E-state index contributed by atoms with van der Waals surface area (Å²) in [5.74, 6) is 0. The van der Waals surface area contributed by atoms with Crippen LogP contribution in [0.4, 0.5) is 17.1 Å². The number of benzene rings is 5. The number of rotatable bonds is 11. The molecule has 0 heterocycles. The van der Waals surface area contributed by atoms with E-state index in [0.717, 1.165) is 23.0 Å². The molecule has 0 aliphatic heterocycles. The summed E-state index contributed by atoms with van der Waals surface area (Å²) in [5.41, 5.74) is 11.2. The number of hydrogen-bond acceptors (Lipinski definition) is 1. The fraction of sp³-hybridized carbons (Fsp3) is 0.211. The van der Waals surface area contributed by atoms with Crippen molar-refractivity contribution < 1.29 is 0 Å². The van der Waals surface area contributed by atoms with Crippen LogP contribution in [0.25, 0.3) is 22.3 Å². The van der Waals surface area contributed by atoms with Gasteiger partial charge in [-0.05, 0) is 102 Å². The number of para-hydroxylation sites is 1. The third kappa shape index (κ3) is 6.57. The maximum atomic E-state index is 3.79. The van der Waals surface area contributed by atoms with Gasteiger partial charge in [-0.25, -0.2) is 0 Å². The van der Waals surface area contributed by atoms with E-state index in [-0.39, 0.29) is 0 Å². The van der Waals surface area contributed by atoms with Crippen molar-refractivity contribution >= 4 is 33.0 Å². The third-order valence-electron chi connectivity index (χ3n) is 7.51. The summed E-state index contributed by atoms with van der Waals surface area (Å²) in [6, 6.07) is 44.4. The highest BCUT2D eigenvalue weighted by molar-refractivity contribution is 9.10. The van der Waals surface area contributed by atoms with E-state index in [1.165, 1.54) is 70.4 Å². The number of aryl methyl sites for hydroxylation is 2. The Bertz CT molecular complexity index is 1510. The zero-order chi connectivity index (χ0) is 27.7. The first-order valence-corrected chi connectivity index (χ1v) is 15.4. The molecular formula is C38H38BrN. The lowest BCUT2D eigenvalue weighted by Crippen LogP contribution is -2.12. The monoisotopic (exact) mass is 587 g/mol. The SMILES string of the molecule is CCCCc1ccc(N(c2ccccc2)c2ccc(CCCC)cc2-c2cc(Br)ccc2-c2ccccc2)cc1. The molecule has 1 nitrogen and oxygen atoms in total. The fourth-order valence-corrected chi connectivity index (χ4v) is 5.70. The third-order valence-corrected chi connectivity index (χ3v) is 8.00.